The average molecular weight is 463 g/mol. The van der Waals surface area contributed by atoms with Crippen LogP contribution in [0.25, 0.3) is 10.4 Å². The third-order valence-corrected chi connectivity index (χ3v) is 5.68. The van der Waals surface area contributed by atoms with Gasteiger partial charge in [-0.15, -0.1) is 0 Å². The van der Waals surface area contributed by atoms with Gasteiger partial charge in [0, 0.05) is 16.5 Å². The first-order valence-electron chi connectivity index (χ1n) is 9.60. The zero-order chi connectivity index (χ0) is 23.6. The second-order valence-corrected chi connectivity index (χ2v) is 8.38. The number of rotatable bonds is 5. The third-order valence-electron chi connectivity index (χ3n) is 4.63. The van der Waals surface area contributed by atoms with Crippen LogP contribution < -0.4 is 9.64 Å². The van der Waals surface area contributed by atoms with Crippen molar-refractivity contribution in [3.05, 3.63) is 71.3 Å². The molecule has 0 aliphatic heterocycles. The minimum atomic E-state index is -4.53. The second-order valence-electron chi connectivity index (χ2n) is 7.36. The number of thiophene rings is 1. The fraction of sp³-hybridized carbons (Fsp3) is 0.217. The van der Waals surface area contributed by atoms with Gasteiger partial charge >= 0.3 is 12.3 Å². The molecule has 1 aromatic heterocycles. The molecule has 0 fully saturated rings. The quantitative estimate of drug-likeness (QED) is 0.420. The Balaban J connectivity index is 2.11. The summed E-state index contributed by atoms with van der Waals surface area (Å²) < 4.78 is 44.3. The van der Waals surface area contributed by atoms with Gasteiger partial charge in [0.25, 0.3) is 5.91 Å². The van der Waals surface area contributed by atoms with Gasteiger partial charge < -0.3 is 14.7 Å². The molecule has 0 aliphatic carbocycles. The van der Waals surface area contributed by atoms with E-state index >= 15 is 0 Å². The van der Waals surface area contributed by atoms with Crippen LogP contribution >= 0.6 is 11.3 Å². The van der Waals surface area contributed by atoms with Gasteiger partial charge in [-0.05, 0) is 56.7 Å². The highest BCUT2D eigenvalue weighted by Gasteiger charge is 2.31. The first-order valence-corrected chi connectivity index (χ1v) is 10.4. The minimum Gasteiger partial charge on any atom is -0.449 e. The summed E-state index contributed by atoms with van der Waals surface area (Å²) in [5.74, 6) is -0.386. The van der Waals surface area contributed by atoms with Gasteiger partial charge in [0.15, 0.2) is 0 Å². The second kappa shape index (κ2) is 9.04. The smallest absolute Gasteiger partial charge is 0.449 e. The van der Waals surface area contributed by atoms with Crippen molar-refractivity contribution in [2.24, 2.45) is 0 Å². The summed E-state index contributed by atoms with van der Waals surface area (Å²) in [6, 6.07) is 12.6. The number of carboxylic acid groups (broad SMARTS) is 1. The van der Waals surface area contributed by atoms with E-state index in [-0.39, 0.29) is 28.3 Å². The van der Waals surface area contributed by atoms with Crippen LogP contribution in [0.1, 0.15) is 35.3 Å². The van der Waals surface area contributed by atoms with Crippen LogP contribution in [-0.4, -0.2) is 23.2 Å². The summed E-state index contributed by atoms with van der Waals surface area (Å²) in [6.07, 6.45) is -6.11. The van der Waals surface area contributed by atoms with Gasteiger partial charge in [-0.25, -0.2) is 4.79 Å². The topological polar surface area (TPSA) is 66.8 Å². The molecule has 168 valence electrons. The number of hydrogen-bond acceptors (Lipinski definition) is 4. The van der Waals surface area contributed by atoms with Crippen LogP contribution in [0.15, 0.2) is 54.6 Å². The highest BCUT2D eigenvalue weighted by atomic mass is 32.1. The molecule has 0 spiro atoms. The molecule has 2 aromatic carbocycles. The third kappa shape index (κ3) is 5.11. The van der Waals surface area contributed by atoms with Crippen LogP contribution in [0.2, 0.25) is 0 Å². The Bertz CT molecular complexity index is 1140. The molecular formula is C23H20F3NO4S. The first-order chi connectivity index (χ1) is 15.0. The molecule has 3 rings (SSSR count). The number of amides is 1. The number of aryl methyl sites for hydroxylation is 1. The zero-order valence-electron chi connectivity index (χ0n) is 17.4. The summed E-state index contributed by atoms with van der Waals surface area (Å²) in [5.41, 5.74) is 0.928. The Morgan fingerprint density at radius 1 is 1.06 bits per heavy atom. The van der Waals surface area contributed by atoms with E-state index in [0.717, 1.165) is 29.0 Å². The van der Waals surface area contributed by atoms with E-state index in [2.05, 4.69) is 0 Å². The molecule has 1 heterocycles. The van der Waals surface area contributed by atoms with Gasteiger partial charge in [0.2, 0.25) is 5.06 Å². The maximum Gasteiger partial charge on any atom is 0.512 e. The van der Waals surface area contributed by atoms with Crippen LogP contribution in [-0.2, 0) is 6.18 Å². The van der Waals surface area contributed by atoms with Gasteiger partial charge in [0.05, 0.1) is 11.3 Å². The van der Waals surface area contributed by atoms with Crippen LogP contribution in [0, 0.1) is 6.92 Å². The van der Waals surface area contributed by atoms with Crippen molar-refractivity contribution in [3.63, 3.8) is 0 Å². The largest absolute Gasteiger partial charge is 0.512 e. The molecule has 0 atom stereocenters. The fourth-order valence-corrected chi connectivity index (χ4v) is 4.12. The highest BCUT2D eigenvalue weighted by molar-refractivity contribution is 7.18. The van der Waals surface area contributed by atoms with E-state index in [1.165, 1.54) is 23.1 Å². The van der Waals surface area contributed by atoms with Crippen molar-refractivity contribution < 1.29 is 32.6 Å². The lowest BCUT2D eigenvalue weighted by Gasteiger charge is -2.26. The van der Waals surface area contributed by atoms with E-state index in [9.17, 15) is 22.8 Å². The molecule has 9 heteroatoms. The number of carbonyl (C=O) groups excluding carboxylic acids is 1. The molecule has 5 nitrogen and oxygen atoms in total. The van der Waals surface area contributed by atoms with Crippen molar-refractivity contribution in [2.75, 3.05) is 4.90 Å². The van der Waals surface area contributed by atoms with Crippen molar-refractivity contribution in [1.29, 1.82) is 0 Å². The van der Waals surface area contributed by atoms with Crippen molar-refractivity contribution in [2.45, 2.75) is 33.0 Å². The number of halogens is 3. The summed E-state index contributed by atoms with van der Waals surface area (Å²) in [4.78, 5) is 26.2. The van der Waals surface area contributed by atoms with Crippen LogP contribution in [0.5, 0.6) is 5.06 Å². The fourth-order valence-electron chi connectivity index (χ4n) is 3.13. The first kappa shape index (κ1) is 23.3. The van der Waals surface area contributed by atoms with Crippen molar-refractivity contribution in [3.8, 4) is 15.5 Å². The summed E-state index contributed by atoms with van der Waals surface area (Å²) in [6.45, 7) is 5.38. The van der Waals surface area contributed by atoms with E-state index in [4.69, 9.17) is 9.84 Å². The molecule has 0 saturated heterocycles. The lowest BCUT2D eigenvalue weighted by atomic mass is 10.1. The van der Waals surface area contributed by atoms with Gasteiger partial charge in [0.1, 0.15) is 0 Å². The molecule has 32 heavy (non-hydrogen) atoms. The molecule has 0 unspecified atom stereocenters. The van der Waals surface area contributed by atoms with Crippen LogP contribution in [0.4, 0.5) is 23.7 Å². The number of ether oxygens (including phenoxy) is 1. The molecule has 0 bridgehead atoms. The monoisotopic (exact) mass is 463 g/mol. The highest BCUT2D eigenvalue weighted by Crippen LogP contribution is 2.45. The lowest BCUT2D eigenvalue weighted by molar-refractivity contribution is -0.137. The number of benzene rings is 2. The number of hydrogen-bond donors (Lipinski definition) is 1. The maximum absolute atomic E-state index is 13.2. The molecule has 0 radical (unpaired) electrons. The lowest BCUT2D eigenvalue weighted by Crippen LogP contribution is -2.37. The summed E-state index contributed by atoms with van der Waals surface area (Å²) >= 11 is 0.857. The summed E-state index contributed by atoms with van der Waals surface area (Å²) in [7, 11) is 0. The summed E-state index contributed by atoms with van der Waals surface area (Å²) in [5, 5.41) is 9.06. The Hall–Kier alpha value is -3.33. The number of anilines is 1. The number of alkyl halides is 3. The van der Waals surface area contributed by atoms with Crippen molar-refractivity contribution in [1.82, 2.24) is 0 Å². The zero-order valence-corrected chi connectivity index (χ0v) is 18.3. The number of nitrogens with zero attached hydrogens (tertiary/aromatic N) is 1. The van der Waals surface area contributed by atoms with E-state index in [1.807, 2.05) is 6.92 Å². The molecular weight excluding hydrogens is 443 g/mol. The van der Waals surface area contributed by atoms with E-state index in [1.54, 1.807) is 38.1 Å². The molecule has 1 amide bonds. The molecule has 0 aliphatic rings. The Labute approximate surface area is 186 Å². The standard InChI is InChI=1S/C23H20F3NO4S/c1-13(2)27(20(28)15-9-7-14(3)8-10-15)18-12-19(32-21(18)31-22(29)30)16-5-4-6-17(11-16)23(24,25)26/h4-13H,1-3H3,(H,29,30). The van der Waals surface area contributed by atoms with E-state index in [0.29, 0.717) is 10.4 Å². The molecule has 1 N–H and O–H groups in total. The van der Waals surface area contributed by atoms with Gasteiger partial charge in [-0.2, -0.15) is 13.2 Å². The predicted octanol–water partition coefficient (Wildman–Crippen LogP) is 6.85. The number of carbonyl (C=O) groups is 2. The normalized spacial score (nSPS) is 11.5. The van der Waals surface area contributed by atoms with E-state index < -0.39 is 17.9 Å². The average Bonchev–Trinajstić information content (AvgIpc) is 3.10. The van der Waals surface area contributed by atoms with Gasteiger partial charge in [-0.3, -0.25) is 4.79 Å². The Morgan fingerprint density at radius 3 is 2.28 bits per heavy atom. The van der Waals surface area contributed by atoms with Crippen molar-refractivity contribution >= 4 is 29.1 Å². The Morgan fingerprint density at radius 2 is 1.72 bits per heavy atom. The van der Waals surface area contributed by atoms with Crippen LogP contribution in [0.3, 0.4) is 0 Å². The molecule has 3 aromatic rings. The predicted molar refractivity (Wildman–Crippen MR) is 117 cm³/mol. The SMILES string of the molecule is Cc1ccc(C(=O)N(c2cc(-c3cccc(C(F)(F)F)c3)sc2OC(=O)O)C(C)C)cc1. The maximum atomic E-state index is 13.2. The Kier molecular flexibility index (Phi) is 6.59. The minimum absolute atomic E-state index is 0.0981. The van der Waals surface area contributed by atoms with Gasteiger partial charge in [-0.1, -0.05) is 41.2 Å². The molecule has 0 saturated carbocycles.